The van der Waals surface area contributed by atoms with Gasteiger partial charge in [0.2, 0.25) is 0 Å². The van der Waals surface area contributed by atoms with Crippen LogP contribution in [-0.4, -0.2) is 5.78 Å². The first-order chi connectivity index (χ1) is 9.13. The maximum atomic E-state index is 12.6. The Labute approximate surface area is 119 Å². The second-order valence-electron chi connectivity index (χ2n) is 4.72. The van der Waals surface area contributed by atoms with Gasteiger partial charge in [0, 0.05) is 11.5 Å². The first kappa shape index (κ1) is 13.8. The predicted molar refractivity (Wildman–Crippen MR) is 80.0 cm³/mol. The van der Waals surface area contributed by atoms with E-state index in [-0.39, 0.29) is 11.7 Å². The molecule has 0 N–H and O–H groups in total. The summed E-state index contributed by atoms with van der Waals surface area (Å²) in [5.41, 5.74) is 2.73. The largest absolute Gasteiger partial charge is 0.293 e. The summed E-state index contributed by atoms with van der Waals surface area (Å²) in [5.74, 6) is -0.0277. The number of ketones is 1. The molecule has 0 aliphatic heterocycles. The van der Waals surface area contributed by atoms with E-state index >= 15 is 0 Å². The molecule has 0 spiro atoms. The Morgan fingerprint density at radius 1 is 1.16 bits per heavy atom. The van der Waals surface area contributed by atoms with Gasteiger partial charge in [-0.15, -0.1) is 0 Å². The van der Waals surface area contributed by atoms with Crippen molar-refractivity contribution in [3.8, 4) is 0 Å². The third kappa shape index (κ3) is 3.05. The predicted octanol–water partition coefficient (Wildman–Crippen LogP) is 5.02. The van der Waals surface area contributed by atoms with E-state index in [1.807, 2.05) is 62.4 Å². The molecule has 2 rings (SSSR count). The molecule has 0 radical (unpaired) electrons. The lowest BCUT2D eigenvalue weighted by molar-refractivity contribution is 0.0957. The van der Waals surface area contributed by atoms with Gasteiger partial charge in [-0.05, 0) is 36.6 Å². The van der Waals surface area contributed by atoms with E-state index in [2.05, 4.69) is 0 Å². The number of rotatable bonds is 4. The Hall–Kier alpha value is -1.60. The van der Waals surface area contributed by atoms with Crippen LogP contribution in [-0.2, 0) is 0 Å². The van der Waals surface area contributed by atoms with Crippen molar-refractivity contribution in [3.05, 3.63) is 70.2 Å². The summed E-state index contributed by atoms with van der Waals surface area (Å²) in [5, 5.41) is 0.541. The van der Waals surface area contributed by atoms with Gasteiger partial charge in [0.1, 0.15) is 0 Å². The molecule has 1 atom stereocenters. The fraction of sp³-hybridized carbons (Fsp3) is 0.235. The van der Waals surface area contributed by atoms with Crippen molar-refractivity contribution in [2.24, 2.45) is 0 Å². The molecule has 1 unspecified atom stereocenters. The summed E-state index contributed by atoms with van der Waals surface area (Å²) >= 11 is 6.19. The van der Waals surface area contributed by atoms with Gasteiger partial charge >= 0.3 is 0 Å². The average Bonchev–Trinajstić information content (AvgIpc) is 2.40. The van der Waals surface area contributed by atoms with Crippen LogP contribution in [0.25, 0.3) is 0 Å². The van der Waals surface area contributed by atoms with E-state index in [0.29, 0.717) is 10.6 Å². The van der Waals surface area contributed by atoms with Crippen molar-refractivity contribution < 1.29 is 4.79 Å². The Bertz CT molecular complexity index is 575. The summed E-state index contributed by atoms with van der Waals surface area (Å²) in [6, 6.07) is 15.5. The van der Waals surface area contributed by atoms with Gasteiger partial charge in [0.25, 0.3) is 0 Å². The third-order valence-electron chi connectivity index (χ3n) is 3.32. The summed E-state index contributed by atoms with van der Waals surface area (Å²) in [6.45, 7) is 3.99. The second kappa shape index (κ2) is 6.03. The molecule has 0 saturated heterocycles. The van der Waals surface area contributed by atoms with E-state index in [1.165, 1.54) is 0 Å². The Morgan fingerprint density at radius 2 is 1.84 bits per heavy atom. The molecule has 0 fully saturated rings. The van der Waals surface area contributed by atoms with E-state index < -0.39 is 0 Å². The van der Waals surface area contributed by atoms with Gasteiger partial charge in [-0.25, -0.2) is 0 Å². The highest BCUT2D eigenvalue weighted by molar-refractivity contribution is 6.34. The summed E-state index contributed by atoms with van der Waals surface area (Å²) in [4.78, 5) is 12.6. The maximum absolute atomic E-state index is 12.6. The summed E-state index contributed by atoms with van der Waals surface area (Å²) in [6.07, 6.45) is 0.771. The monoisotopic (exact) mass is 272 g/mol. The number of hydrogen-bond acceptors (Lipinski definition) is 1. The quantitative estimate of drug-likeness (QED) is 0.714. The zero-order chi connectivity index (χ0) is 13.8. The standard InChI is InChI=1S/C17H17ClO/c1-3-14(13-7-5-4-6-8-13)17(19)15-10-9-12(2)11-16(15)18/h4-11,14H,3H2,1-2H3. The van der Waals surface area contributed by atoms with Gasteiger partial charge in [-0.1, -0.05) is 54.9 Å². The molecule has 19 heavy (non-hydrogen) atoms. The molecule has 0 saturated carbocycles. The fourth-order valence-corrected chi connectivity index (χ4v) is 2.59. The Kier molecular flexibility index (Phi) is 4.39. The molecular formula is C17H17ClO. The Morgan fingerprint density at radius 3 is 2.42 bits per heavy atom. The Balaban J connectivity index is 2.36. The highest BCUT2D eigenvalue weighted by Crippen LogP contribution is 2.28. The van der Waals surface area contributed by atoms with Crippen LogP contribution >= 0.6 is 11.6 Å². The van der Waals surface area contributed by atoms with E-state index in [4.69, 9.17) is 11.6 Å². The minimum Gasteiger partial charge on any atom is -0.293 e. The van der Waals surface area contributed by atoms with Crippen molar-refractivity contribution in [1.82, 2.24) is 0 Å². The molecule has 98 valence electrons. The molecule has 0 aliphatic carbocycles. The second-order valence-corrected chi connectivity index (χ2v) is 5.13. The van der Waals surface area contributed by atoms with Crippen LogP contribution in [0, 0.1) is 6.92 Å². The van der Waals surface area contributed by atoms with Crippen LogP contribution in [0.2, 0.25) is 5.02 Å². The van der Waals surface area contributed by atoms with Crippen molar-refractivity contribution in [2.75, 3.05) is 0 Å². The first-order valence-electron chi connectivity index (χ1n) is 6.48. The van der Waals surface area contributed by atoms with Crippen LogP contribution in [0.4, 0.5) is 0 Å². The van der Waals surface area contributed by atoms with Crippen LogP contribution in [0.5, 0.6) is 0 Å². The van der Waals surface area contributed by atoms with Crippen LogP contribution < -0.4 is 0 Å². The molecule has 2 aromatic carbocycles. The summed E-state index contributed by atoms with van der Waals surface area (Å²) < 4.78 is 0. The topological polar surface area (TPSA) is 17.1 Å². The minimum absolute atomic E-state index is 0.0960. The zero-order valence-electron chi connectivity index (χ0n) is 11.2. The van der Waals surface area contributed by atoms with Crippen LogP contribution in [0.3, 0.4) is 0 Å². The molecule has 2 aromatic rings. The maximum Gasteiger partial charge on any atom is 0.171 e. The highest BCUT2D eigenvalue weighted by Gasteiger charge is 2.21. The number of hydrogen-bond donors (Lipinski definition) is 0. The highest BCUT2D eigenvalue weighted by atomic mass is 35.5. The minimum atomic E-state index is -0.124. The first-order valence-corrected chi connectivity index (χ1v) is 6.86. The van der Waals surface area contributed by atoms with Crippen molar-refractivity contribution in [1.29, 1.82) is 0 Å². The van der Waals surface area contributed by atoms with Gasteiger partial charge in [0.05, 0.1) is 5.02 Å². The third-order valence-corrected chi connectivity index (χ3v) is 3.63. The summed E-state index contributed by atoms with van der Waals surface area (Å²) in [7, 11) is 0. The lowest BCUT2D eigenvalue weighted by Gasteiger charge is -2.15. The fourth-order valence-electron chi connectivity index (χ4n) is 2.27. The smallest absolute Gasteiger partial charge is 0.171 e. The number of carbonyl (C=O) groups excluding carboxylic acids is 1. The molecule has 0 aliphatic rings. The molecular weight excluding hydrogens is 256 g/mol. The van der Waals surface area contributed by atoms with Crippen LogP contribution in [0.15, 0.2) is 48.5 Å². The number of Topliss-reactive ketones (excluding diaryl/α,β-unsaturated/α-hetero) is 1. The van der Waals surface area contributed by atoms with Gasteiger partial charge in [-0.2, -0.15) is 0 Å². The number of benzene rings is 2. The molecule has 0 bridgehead atoms. The molecule has 0 amide bonds. The van der Waals surface area contributed by atoms with E-state index in [1.54, 1.807) is 0 Å². The normalized spacial score (nSPS) is 12.2. The number of aryl methyl sites for hydroxylation is 1. The zero-order valence-corrected chi connectivity index (χ0v) is 11.9. The van der Waals surface area contributed by atoms with E-state index in [0.717, 1.165) is 17.5 Å². The van der Waals surface area contributed by atoms with Gasteiger partial charge in [-0.3, -0.25) is 4.79 Å². The average molecular weight is 273 g/mol. The SMILES string of the molecule is CCC(C(=O)c1ccc(C)cc1Cl)c1ccccc1. The molecule has 0 aromatic heterocycles. The van der Waals surface area contributed by atoms with Gasteiger partial charge < -0.3 is 0 Å². The van der Waals surface area contributed by atoms with Gasteiger partial charge in [0.15, 0.2) is 5.78 Å². The number of carbonyl (C=O) groups is 1. The van der Waals surface area contributed by atoms with E-state index in [9.17, 15) is 4.79 Å². The molecule has 2 heteroatoms. The van der Waals surface area contributed by atoms with Crippen molar-refractivity contribution >= 4 is 17.4 Å². The van der Waals surface area contributed by atoms with Crippen molar-refractivity contribution in [2.45, 2.75) is 26.2 Å². The van der Waals surface area contributed by atoms with Crippen molar-refractivity contribution in [3.63, 3.8) is 0 Å². The lowest BCUT2D eigenvalue weighted by atomic mass is 9.88. The van der Waals surface area contributed by atoms with Crippen LogP contribution in [0.1, 0.15) is 40.7 Å². The molecule has 1 nitrogen and oxygen atoms in total. The number of halogens is 1. The molecule has 0 heterocycles. The lowest BCUT2D eigenvalue weighted by Crippen LogP contribution is -2.12.